The van der Waals surface area contributed by atoms with Crippen molar-refractivity contribution < 1.29 is 9.53 Å². The highest BCUT2D eigenvalue weighted by atomic mass is 16.5. The second kappa shape index (κ2) is 6.09. The average Bonchev–Trinajstić information content (AvgIpc) is 2.31. The summed E-state index contributed by atoms with van der Waals surface area (Å²) >= 11 is 0. The lowest BCUT2D eigenvalue weighted by atomic mass is 10.3. The highest BCUT2D eigenvalue weighted by Gasteiger charge is 2.12. The maximum absolute atomic E-state index is 11.6. The highest BCUT2D eigenvalue weighted by molar-refractivity contribution is 5.80. The lowest BCUT2D eigenvalue weighted by Gasteiger charge is -2.20. The zero-order valence-electron chi connectivity index (χ0n) is 11.3. The van der Waals surface area contributed by atoms with Crippen molar-refractivity contribution in [1.29, 1.82) is 0 Å². The third-order valence-electron chi connectivity index (χ3n) is 2.42. The summed E-state index contributed by atoms with van der Waals surface area (Å²) in [6.07, 6.45) is 0. The molecule has 0 aliphatic rings. The molecular weight excluding hydrogens is 232 g/mol. The SMILES string of the molecule is CCOc1nc(N(C)CC(=O)N(C)C)ccc1N. The van der Waals surface area contributed by atoms with Crippen LogP contribution in [-0.2, 0) is 4.79 Å². The van der Waals surface area contributed by atoms with Gasteiger partial charge in [-0.3, -0.25) is 4.79 Å². The number of aromatic nitrogens is 1. The van der Waals surface area contributed by atoms with E-state index in [0.717, 1.165) is 0 Å². The third kappa shape index (κ3) is 3.51. The summed E-state index contributed by atoms with van der Waals surface area (Å²) in [5, 5.41) is 0. The molecule has 6 nitrogen and oxygen atoms in total. The van der Waals surface area contributed by atoms with Gasteiger partial charge in [0.1, 0.15) is 5.82 Å². The van der Waals surface area contributed by atoms with Gasteiger partial charge < -0.3 is 20.3 Å². The van der Waals surface area contributed by atoms with Crippen LogP contribution in [0, 0.1) is 0 Å². The minimum atomic E-state index is 0.00841. The van der Waals surface area contributed by atoms with E-state index in [1.54, 1.807) is 38.2 Å². The van der Waals surface area contributed by atoms with E-state index in [2.05, 4.69) is 4.98 Å². The number of rotatable bonds is 5. The zero-order valence-corrected chi connectivity index (χ0v) is 11.3. The highest BCUT2D eigenvalue weighted by Crippen LogP contribution is 2.22. The van der Waals surface area contributed by atoms with Crippen molar-refractivity contribution in [2.75, 3.05) is 44.9 Å². The second-order valence-electron chi connectivity index (χ2n) is 4.14. The van der Waals surface area contributed by atoms with Gasteiger partial charge in [-0.1, -0.05) is 0 Å². The van der Waals surface area contributed by atoms with Crippen LogP contribution < -0.4 is 15.4 Å². The summed E-state index contributed by atoms with van der Waals surface area (Å²) in [5.74, 6) is 1.07. The van der Waals surface area contributed by atoms with E-state index in [-0.39, 0.29) is 12.5 Å². The van der Waals surface area contributed by atoms with Crippen molar-refractivity contribution in [2.45, 2.75) is 6.92 Å². The molecule has 2 N–H and O–H groups in total. The van der Waals surface area contributed by atoms with Crippen molar-refractivity contribution in [3.8, 4) is 5.88 Å². The summed E-state index contributed by atoms with van der Waals surface area (Å²) in [4.78, 5) is 19.2. The Morgan fingerprint density at radius 3 is 2.61 bits per heavy atom. The minimum Gasteiger partial charge on any atom is -0.476 e. The largest absolute Gasteiger partial charge is 0.476 e. The zero-order chi connectivity index (χ0) is 13.7. The van der Waals surface area contributed by atoms with Gasteiger partial charge in [-0.2, -0.15) is 4.98 Å². The van der Waals surface area contributed by atoms with Gasteiger partial charge in [0.15, 0.2) is 0 Å². The van der Waals surface area contributed by atoms with Crippen LogP contribution in [-0.4, -0.2) is 50.1 Å². The number of nitrogens with two attached hydrogens (primary N) is 1. The van der Waals surface area contributed by atoms with Crippen LogP contribution in [0.3, 0.4) is 0 Å². The van der Waals surface area contributed by atoms with Crippen molar-refractivity contribution >= 4 is 17.4 Å². The first-order valence-corrected chi connectivity index (χ1v) is 5.76. The number of hydrogen-bond acceptors (Lipinski definition) is 5. The average molecular weight is 252 g/mol. The molecular formula is C12H20N4O2. The Balaban J connectivity index is 2.82. The molecule has 0 saturated carbocycles. The standard InChI is InChI=1S/C12H20N4O2/c1-5-18-12-9(13)6-7-10(14-12)16(4)8-11(17)15(2)3/h6-7H,5,8,13H2,1-4H3. The van der Waals surface area contributed by atoms with Crippen LogP contribution in [0.4, 0.5) is 11.5 Å². The van der Waals surface area contributed by atoms with E-state index >= 15 is 0 Å². The molecule has 0 unspecified atom stereocenters. The molecule has 0 bridgehead atoms. The molecule has 1 heterocycles. The smallest absolute Gasteiger partial charge is 0.241 e. The van der Waals surface area contributed by atoms with Gasteiger partial charge >= 0.3 is 0 Å². The molecule has 0 fully saturated rings. The Labute approximate surface area is 107 Å². The number of nitrogen functional groups attached to an aromatic ring is 1. The molecule has 0 saturated heterocycles. The molecule has 1 aromatic rings. The van der Waals surface area contributed by atoms with Gasteiger partial charge in [-0.05, 0) is 19.1 Å². The van der Waals surface area contributed by atoms with Crippen LogP contribution in [0.25, 0.3) is 0 Å². The van der Waals surface area contributed by atoms with Gasteiger partial charge in [0.05, 0.1) is 18.8 Å². The summed E-state index contributed by atoms with van der Waals surface area (Å²) in [7, 11) is 5.24. The monoisotopic (exact) mass is 252 g/mol. The van der Waals surface area contributed by atoms with Crippen LogP contribution in [0.1, 0.15) is 6.92 Å². The van der Waals surface area contributed by atoms with E-state index in [1.807, 2.05) is 6.92 Å². The minimum absolute atomic E-state index is 0.00841. The Morgan fingerprint density at radius 2 is 2.06 bits per heavy atom. The Bertz CT molecular complexity index is 421. The van der Waals surface area contributed by atoms with Gasteiger partial charge in [-0.25, -0.2) is 0 Å². The van der Waals surface area contributed by atoms with Gasteiger partial charge in [0, 0.05) is 21.1 Å². The molecule has 0 radical (unpaired) electrons. The van der Waals surface area contributed by atoms with Crippen molar-refractivity contribution in [2.24, 2.45) is 0 Å². The van der Waals surface area contributed by atoms with Crippen LogP contribution in [0.5, 0.6) is 5.88 Å². The van der Waals surface area contributed by atoms with Gasteiger partial charge in [-0.15, -0.1) is 0 Å². The molecule has 0 spiro atoms. The van der Waals surface area contributed by atoms with Gasteiger partial charge in [0.2, 0.25) is 11.8 Å². The lowest BCUT2D eigenvalue weighted by Crippen LogP contribution is -2.34. The number of amides is 1. The Hall–Kier alpha value is -1.98. The number of nitrogens with zero attached hydrogens (tertiary/aromatic N) is 3. The molecule has 100 valence electrons. The fraction of sp³-hybridized carbons (Fsp3) is 0.500. The first-order valence-electron chi connectivity index (χ1n) is 5.76. The third-order valence-corrected chi connectivity index (χ3v) is 2.42. The summed E-state index contributed by atoms with van der Waals surface area (Å²) in [5.41, 5.74) is 6.24. The lowest BCUT2D eigenvalue weighted by molar-refractivity contribution is -0.127. The molecule has 0 aliphatic heterocycles. The summed E-state index contributed by atoms with van der Waals surface area (Å²) < 4.78 is 5.32. The molecule has 1 amide bonds. The number of carbonyl (C=O) groups is 1. The predicted molar refractivity (Wildman–Crippen MR) is 71.8 cm³/mol. The molecule has 6 heteroatoms. The molecule has 0 atom stereocenters. The second-order valence-corrected chi connectivity index (χ2v) is 4.14. The van der Waals surface area contributed by atoms with E-state index in [1.165, 1.54) is 4.90 Å². The van der Waals surface area contributed by atoms with Gasteiger partial charge in [0.25, 0.3) is 0 Å². The topological polar surface area (TPSA) is 71.7 Å². The first kappa shape index (κ1) is 14.1. The molecule has 0 aliphatic carbocycles. The molecule has 0 aromatic carbocycles. The van der Waals surface area contributed by atoms with E-state index in [4.69, 9.17) is 10.5 Å². The normalized spacial score (nSPS) is 10.0. The summed E-state index contributed by atoms with van der Waals surface area (Å²) in [6, 6.07) is 3.49. The van der Waals surface area contributed by atoms with Crippen LogP contribution in [0.2, 0.25) is 0 Å². The quantitative estimate of drug-likeness (QED) is 0.830. The number of likely N-dealkylation sites (N-methyl/N-ethyl adjacent to an activating group) is 2. The molecule has 1 rings (SSSR count). The van der Waals surface area contributed by atoms with Crippen molar-refractivity contribution in [3.63, 3.8) is 0 Å². The Morgan fingerprint density at radius 1 is 1.39 bits per heavy atom. The number of ether oxygens (including phenoxy) is 1. The molecule has 1 aromatic heterocycles. The van der Waals surface area contributed by atoms with Crippen LogP contribution >= 0.6 is 0 Å². The number of pyridine rings is 1. The predicted octanol–water partition coefficient (Wildman–Crippen LogP) is 0.587. The van der Waals surface area contributed by atoms with Crippen LogP contribution in [0.15, 0.2) is 12.1 Å². The van der Waals surface area contributed by atoms with E-state index in [0.29, 0.717) is 24.0 Å². The molecule has 18 heavy (non-hydrogen) atoms. The number of anilines is 2. The maximum Gasteiger partial charge on any atom is 0.241 e. The fourth-order valence-corrected chi connectivity index (χ4v) is 1.33. The van der Waals surface area contributed by atoms with E-state index < -0.39 is 0 Å². The number of hydrogen-bond donors (Lipinski definition) is 1. The first-order chi connectivity index (χ1) is 8.45. The Kier molecular flexibility index (Phi) is 4.76. The fourth-order valence-electron chi connectivity index (χ4n) is 1.33. The van der Waals surface area contributed by atoms with Crippen molar-refractivity contribution in [1.82, 2.24) is 9.88 Å². The maximum atomic E-state index is 11.6. The summed E-state index contributed by atoms with van der Waals surface area (Å²) in [6.45, 7) is 2.63. The van der Waals surface area contributed by atoms with E-state index in [9.17, 15) is 4.79 Å². The number of carbonyl (C=O) groups excluding carboxylic acids is 1. The van der Waals surface area contributed by atoms with Crippen molar-refractivity contribution in [3.05, 3.63) is 12.1 Å².